The molecule has 1 rings (SSSR count). The maximum Gasteiger partial charge on any atom is 0.237 e. The Bertz CT molecular complexity index is 466. The fraction of sp³-hybridized carbons (Fsp3) is 0. The predicted molar refractivity (Wildman–Crippen MR) is 48.6 cm³/mol. The molecular formula is C9H4F2N4. The summed E-state index contributed by atoms with van der Waals surface area (Å²) in [5.41, 5.74) is 2.00. The van der Waals surface area contributed by atoms with Crippen molar-refractivity contribution in [3.05, 3.63) is 29.8 Å². The summed E-state index contributed by atoms with van der Waals surface area (Å²) < 4.78 is 25.2. The molecule has 0 aliphatic carbocycles. The highest BCUT2D eigenvalue weighted by atomic mass is 19.2. The van der Waals surface area contributed by atoms with Crippen molar-refractivity contribution in [3.8, 4) is 12.1 Å². The molecule has 0 radical (unpaired) electrons. The minimum Gasteiger partial charge on any atom is -0.276 e. The van der Waals surface area contributed by atoms with E-state index < -0.39 is 17.3 Å². The molecule has 0 amide bonds. The summed E-state index contributed by atoms with van der Waals surface area (Å²) in [5, 5.41) is 20.0. The second-order valence-corrected chi connectivity index (χ2v) is 2.42. The first-order valence-electron chi connectivity index (χ1n) is 3.76. The Kier molecular flexibility index (Phi) is 3.31. The van der Waals surface area contributed by atoms with E-state index in [9.17, 15) is 8.78 Å². The van der Waals surface area contributed by atoms with E-state index in [0.29, 0.717) is 0 Å². The molecule has 0 fully saturated rings. The summed E-state index contributed by atoms with van der Waals surface area (Å²) in [5.74, 6) is -2.02. The molecule has 1 aromatic carbocycles. The molecule has 0 atom stereocenters. The van der Waals surface area contributed by atoms with Gasteiger partial charge in [0.05, 0.1) is 5.69 Å². The predicted octanol–water partition coefficient (Wildman–Crippen LogP) is 1.78. The normalized spacial score (nSPS) is 8.53. The SMILES string of the molecule is N#CC(C#N)=NNc1ccc(F)c(F)c1. The topological polar surface area (TPSA) is 72.0 Å². The largest absolute Gasteiger partial charge is 0.276 e. The van der Waals surface area contributed by atoms with Crippen LogP contribution in [0.4, 0.5) is 14.5 Å². The Morgan fingerprint density at radius 3 is 2.40 bits per heavy atom. The highest BCUT2D eigenvalue weighted by Gasteiger charge is 2.01. The van der Waals surface area contributed by atoms with Gasteiger partial charge < -0.3 is 0 Å². The Morgan fingerprint density at radius 1 is 1.20 bits per heavy atom. The Hall–Kier alpha value is -2.47. The van der Waals surface area contributed by atoms with Gasteiger partial charge >= 0.3 is 0 Å². The zero-order chi connectivity index (χ0) is 11.3. The van der Waals surface area contributed by atoms with Crippen LogP contribution in [0.15, 0.2) is 23.3 Å². The van der Waals surface area contributed by atoms with Gasteiger partial charge in [-0.1, -0.05) is 0 Å². The van der Waals surface area contributed by atoms with Crippen molar-refractivity contribution in [2.24, 2.45) is 5.10 Å². The van der Waals surface area contributed by atoms with Crippen molar-refractivity contribution in [1.29, 1.82) is 10.5 Å². The zero-order valence-corrected chi connectivity index (χ0v) is 7.33. The molecule has 0 spiro atoms. The quantitative estimate of drug-likeness (QED) is 0.592. The van der Waals surface area contributed by atoms with Crippen LogP contribution in [-0.4, -0.2) is 5.71 Å². The molecule has 0 aromatic heterocycles. The van der Waals surface area contributed by atoms with Gasteiger partial charge in [-0.25, -0.2) is 8.78 Å². The lowest BCUT2D eigenvalue weighted by molar-refractivity contribution is 0.509. The van der Waals surface area contributed by atoms with Crippen LogP contribution in [0, 0.1) is 34.3 Å². The number of nitriles is 2. The number of hydrazone groups is 1. The second-order valence-electron chi connectivity index (χ2n) is 2.42. The van der Waals surface area contributed by atoms with Crippen molar-refractivity contribution in [2.45, 2.75) is 0 Å². The number of halogens is 2. The molecule has 74 valence electrons. The highest BCUT2D eigenvalue weighted by molar-refractivity contribution is 6.10. The number of nitrogens with zero attached hydrogens (tertiary/aromatic N) is 3. The third-order valence-electron chi connectivity index (χ3n) is 1.43. The van der Waals surface area contributed by atoms with Crippen LogP contribution in [0.2, 0.25) is 0 Å². The van der Waals surface area contributed by atoms with Gasteiger partial charge in [0.1, 0.15) is 12.1 Å². The van der Waals surface area contributed by atoms with Crippen molar-refractivity contribution in [1.82, 2.24) is 0 Å². The zero-order valence-electron chi connectivity index (χ0n) is 7.33. The average Bonchev–Trinajstić information content (AvgIpc) is 2.24. The van der Waals surface area contributed by atoms with Gasteiger partial charge in [0.25, 0.3) is 0 Å². The van der Waals surface area contributed by atoms with Crippen LogP contribution in [0.5, 0.6) is 0 Å². The molecule has 15 heavy (non-hydrogen) atoms. The number of anilines is 1. The summed E-state index contributed by atoms with van der Waals surface area (Å²) in [6, 6.07) is 6.02. The van der Waals surface area contributed by atoms with Crippen molar-refractivity contribution >= 4 is 11.4 Å². The molecule has 1 aromatic rings. The lowest BCUT2D eigenvalue weighted by Crippen LogP contribution is -1.97. The van der Waals surface area contributed by atoms with Gasteiger partial charge in [0.2, 0.25) is 5.71 Å². The van der Waals surface area contributed by atoms with Crippen molar-refractivity contribution < 1.29 is 8.78 Å². The van der Waals surface area contributed by atoms with Gasteiger partial charge in [-0.2, -0.15) is 15.6 Å². The Morgan fingerprint density at radius 2 is 1.87 bits per heavy atom. The number of rotatable bonds is 2. The summed E-state index contributed by atoms with van der Waals surface area (Å²) >= 11 is 0. The van der Waals surface area contributed by atoms with E-state index >= 15 is 0 Å². The first-order chi connectivity index (χ1) is 7.17. The smallest absolute Gasteiger partial charge is 0.237 e. The first-order valence-corrected chi connectivity index (χ1v) is 3.76. The maximum absolute atomic E-state index is 12.7. The molecule has 6 heteroatoms. The van der Waals surface area contributed by atoms with E-state index in [4.69, 9.17) is 10.5 Å². The lowest BCUT2D eigenvalue weighted by atomic mass is 10.3. The Balaban J connectivity index is 2.84. The van der Waals surface area contributed by atoms with Crippen LogP contribution in [0.3, 0.4) is 0 Å². The van der Waals surface area contributed by atoms with Gasteiger partial charge in [-0.3, -0.25) is 5.43 Å². The fourth-order valence-electron chi connectivity index (χ4n) is 0.761. The number of hydrogen-bond acceptors (Lipinski definition) is 4. The summed E-state index contributed by atoms with van der Waals surface area (Å²) in [7, 11) is 0. The van der Waals surface area contributed by atoms with Crippen LogP contribution >= 0.6 is 0 Å². The monoisotopic (exact) mass is 206 g/mol. The third kappa shape index (κ3) is 2.75. The molecule has 0 saturated carbocycles. The van der Waals surface area contributed by atoms with E-state index in [1.165, 1.54) is 18.2 Å². The van der Waals surface area contributed by atoms with Gasteiger partial charge in [-0.05, 0) is 12.1 Å². The number of hydrogen-bond donors (Lipinski definition) is 1. The third-order valence-corrected chi connectivity index (χ3v) is 1.43. The van der Waals surface area contributed by atoms with Crippen molar-refractivity contribution in [2.75, 3.05) is 5.43 Å². The van der Waals surface area contributed by atoms with Crippen molar-refractivity contribution in [3.63, 3.8) is 0 Å². The van der Waals surface area contributed by atoms with E-state index in [2.05, 4.69) is 10.5 Å². The van der Waals surface area contributed by atoms with Gasteiger partial charge in [-0.15, -0.1) is 0 Å². The molecule has 0 aliphatic rings. The minimum atomic E-state index is -1.04. The minimum absolute atomic E-state index is 0.150. The van der Waals surface area contributed by atoms with Crippen LogP contribution in [0.1, 0.15) is 0 Å². The highest BCUT2D eigenvalue weighted by Crippen LogP contribution is 2.12. The maximum atomic E-state index is 12.7. The molecule has 0 unspecified atom stereocenters. The first kappa shape index (κ1) is 10.6. The molecule has 0 saturated heterocycles. The summed E-state index contributed by atoms with van der Waals surface area (Å²) in [4.78, 5) is 0. The van der Waals surface area contributed by atoms with Gasteiger partial charge in [0, 0.05) is 6.07 Å². The molecule has 0 heterocycles. The molecule has 0 bridgehead atoms. The molecule has 4 nitrogen and oxygen atoms in total. The standard InChI is InChI=1S/C9H4F2N4/c10-8-2-1-6(3-9(8)11)14-15-7(4-12)5-13/h1-3,14H. The molecule has 1 N–H and O–H groups in total. The second kappa shape index (κ2) is 4.68. The lowest BCUT2D eigenvalue weighted by Gasteiger charge is -1.99. The van der Waals surface area contributed by atoms with E-state index in [1.54, 1.807) is 0 Å². The fourth-order valence-corrected chi connectivity index (χ4v) is 0.761. The van der Waals surface area contributed by atoms with Crippen LogP contribution < -0.4 is 5.43 Å². The van der Waals surface area contributed by atoms with Crippen LogP contribution in [-0.2, 0) is 0 Å². The van der Waals surface area contributed by atoms with Crippen LogP contribution in [0.25, 0.3) is 0 Å². The van der Waals surface area contributed by atoms with E-state index in [-0.39, 0.29) is 5.69 Å². The Labute approximate surface area is 84.1 Å². The summed E-state index contributed by atoms with van der Waals surface area (Å²) in [6.07, 6.45) is 0. The number of nitrogens with one attached hydrogen (secondary N) is 1. The molecule has 0 aliphatic heterocycles. The molecular weight excluding hydrogens is 202 g/mol. The average molecular weight is 206 g/mol. The number of benzene rings is 1. The summed E-state index contributed by atoms with van der Waals surface area (Å²) in [6.45, 7) is 0. The van der Waals surface area contributed by atoms with Gasteiger partial charge in [0.15, 0.2) is 11.6 Å². The van der Waals surface area contributed by atoms with E-state index in [1.807, 2.05) is 0 Å². The van der Waals surface area contributed by atoms with E-state index in [0.717, 1.165) is 12.1 Å².